The largest absolute Gasteiger partial charge is 0.347 e. The fourth-order valence-electron chi connectivity index (χ4n) is 4.74. The van der Waals surface area contributed by atoms with Crippen molar-refractivity contribution >= 4 is 38.1 Å². The Morgan fingerprint density at radius 2 is 1.61 bits per heavy atom. The quantitative estimate of drug-likeness (QED) is 0.177. The highest BCUT2D eigenvalue weighted by Gasteiger charge is 2.14. The van der Waals surface area contributed by atoms with Gasteiger partial charge >= 0.3 is 0 Å². The highest BCUT2D eigenvalue weighted by molar-refractivity contribution is 7.92. The summed E-state index contributed by atoms with van der Waals surface area (Å²) in [6.45, 7) is 8.63. The van der Waals surface area contributed by atoms with Gasteiger partial charge in [-0.05, 0) is 92.8 Å². The molecule has 0 aliphatic rings. The predicted octanol–water partition coefficient (Wildman–Crippen LogP) is 6.51. The standard InChI is InChI=1S/C31H33FN6O2S/c1-3-37(4-2)17-5-18-38-19-16-24-20-23(6-15-30(24)38)29-21-31(34-22-33-29)35-26-9-11-27(12-10-26)36-41(39,40)28-13-7-25(32)8-14-28/h6-16,19-22,36H,3-5,17-18H2,1-2H3,(H,33,34,35). The average Bonchev–Trinajstić information content (AvgIpc) is 3.39. The molecule has 0 unspecified atom stereocenters. The molecule has 212 valence electrons. The monoisotopic (exact) mass is 572 g/mol. The van der Waals surface area contributed by atoms with Gasteiger partial charge in [-0.3, -0.25) is 4.72 Å². The third-order valence-corrected chi connectivity index (χ3v) is 8.43. The summed E-state index contributed by atoms with van der Waals surface area (Å²) in [4.78, 5) is 11.2. The number of hydrogen-bond donors (Lipinski definition) is 2. The van der Waals surface area contributed by atoms with Crippen molar-refractivity contribution in [3.05, 3.63) is 97.2 Å². The van der Waals surface area contributed by atoms with Crippen LogP contribution < -0.4 is 10.0 Å². The number of aromatic nitrogens is 3. The molecule has 2 N–H and O–H groups in total. The summed E-state index contributed by atoms with van der Waals surface area (Å²) >= 11 is 0. The van der Waals surface area contributed by atoms with E-state index in [9.17, 15) is 12.8 Å². The Balaban J connectivity index is 1.24. The van der Waals surface area contributed by atoms with E-state index < -0.39 is 15.8 Å². The minimum absolute atomic E-state index is 0.0142. The van der Waals surface area contributed by atoms with Crippen LogP contribution in [0.3, 0.4) is 0 Å². The first-order chi connectivity index (χ1) is 19.8. The number of aryl methyl sites for hydroxylation is 1. The van der Waals surface area contributed by atoms with Gasteiger partial charge in [-0.2, -0.15) is 0 Å². The van der Waals surface area contributed by atoms with Crippen LogP contribution in [0.1, 0.15) is 20.3 Å². The molecule has 8 nitrogen and oxygen atoms in total. The highest BCUT2D eigenvalue weighted by Crippen LogP contribution is 2.27. The molecule has 0 amide bonds. The highest BCUT2D eigenvalue weighted by atomic mass is 32.2. The minimum atomic E-state index is -3.82. The molecule has 2 heterocycles. The Labute approximate surface area is 239 Å². The first-order valence-electron chi connectivity index (χ1n) is 13.6. The van der Waals surface area contributed by atoms with Gasteiger partial charge in [0.2, 0.25) is 0 Å². The van der Waals surface area contributed by atoms with Crippen molar-refractivity contribution in [1.82, 2.24) is 19.4 Å². The van der Waals surface area contributed by atoms with Crippen LogP contribution in [0.5, 0.6) is 0 Å². The summed E-state index contributed by atoms with van der Waals surface area (Å²) in [5, 5.41) is 4.41. The third kappa shape index (κ3) is 6.90. The van der Waals surface area contributed by atoms with Crippen LogP contribution in [0.2, 0.25) is 0 Å². The molecule has 0 atom stereocenters. The number of nitrogens with zero attached hydrogens (tertiary/aromatic N) is 4. The molecule has 41 heavy (non-hydrogen) atoms. The molecule has 0 saturated carbocycles. The fourth-order valence-corrected chi connectivity index (χ4v) is 5.80. The van der Waals surface area contributed by atoms with Gasteiger partial charge in [0.1, 0.15) is 18.0 Å². The van der Waals surface area contributed by atoms with Gasteiger partial charge < -0.3 is 14.8 Å². The number of sulfonamides is 1. The summed E-state index contributed by atoms with van der Waals surface area (Å²) in [6, 6.07) is 21.9. The van der Waals surface area contributed by atoms with Crippen LogP contribution in [0.15, 0.2) is 96.3 Å². The first kappa shape index (κ1) is 28.3. The van der Waals surface area contributed by atoms with Gasteiger partial charge in [0.05, 0.1) is 10.6 Å². The van der Waals surface area contributed by atoms with Gasteiger partial charge in [-0.25, -0.2) is 22.8 Å². The summed E-state index contributed by atoms with van der Waals surface area (Å²) in [6.07, 6.45) is 4.77. The Kier molecular flexibility index (Phi) is 8.61. The van der Waals surface area contributed by atoms with Gasteiger partial charge in [-0.15, -0.1) is 0 Å². The second-order valence-corrected chi connectivity index (χ2v) is 11.4. The molecule has 0 aliphatic heterocycles. The second-order valence-electron chi connectivity index (χ2n) is 9.71. The molecule has 10 heteroatoms. The van der Waals surface area contributed by atoms with Crippen LogP contribution in [-0.4, -0.2) is 47.5 Å². The second kappa shape index (κ2) is 12.5. The summed E-state index contributed by atoms with van der Waals surface area (Å²) in [5.41, 5.74) is 4.11. The van der Waals surface area contributed by atoms with Crippen molar-refractivity contribution in [3.8, 4) is 11.3 Å². The van der Waals surface area contributed by atoms with E-state index in [4.69, 9.17) is 0 Å². The van der Waals surface area contributed by atoms with E-state index in [2.05, 4.69) is 73.8 Å². The number of nitrogens with one attached hydrogen (secondary N) is 2. The van der Waals surface area contributed by atoms with Gasteiger partial charge in [0.25, 0.3) is 10.0 Å². The molecule has 2 aromatic heterocycles. The SMILES string of the molecule is CCN(CC)CCCn1ccc2cc(-c3cc(Nc4ccc(NS(=O)(=O)c5ccc(F)cc5)cc4)ncn3)ccc21. The van der Waals surface area contributed by atoms with Crippen molar-refractivity contribution in [2.24, 2.45) is 0 Å². The zero-order valence-corrected chi connectivity index (χ0v) is 23.9. The number of halogens is 1. The molecule has 3 aromatic carbocycles. The van der Waals surface area contributed by atoms with E-state index in [0.717, 1.165) is 67.1 Å². The fraction of sp³-hybridized carbons (Fsp3) is 0.226. The van der Waals surface area contributed by atoms with E-state index in [0.29, 0.717) is 11.5 Å². The van der Waals surface area contributed by atoms with Crippen LogP contribution in [0.25, 0.3) is 22.2 Å². The smallest absolute Gasteiger partial charge is 0.261 e. The van der Waals surface area contributed by atoms with Gasteiger partial charge in [-0.1, -0.05) is 19.9 Å². The number of anilines is 3. The van der Waals surface area contributed by atoms with E-state index >= 15 is 0 Å². The van der Waals surface area contributed by atoms with Gasteiger partial charge in [0.15, 0.2) is 0 Å². The van der Waals surface area contributed by atoms with Crippen molar-refractivity contribution < 1.29 is 12.8 Å². The summed E-state index contributed by atoms with van der Waals surface area (Å²) < 4.78 is 43.1. The lowest BCUT2D eigenvalue weighted by atomic mass is 10.1. The molecule has 0 spiro atoms. The zero-order chi connectivity index (χ0) is 28.8. The first-order valence-corrected chi connectivity index (χ1v) is 15.1. The average molecular weight is 573 g/mol. The summed E-state index contributed by atoms with van der Waals surface area (Å²) in [5.74, 6) is 0.118. The Hall–Kier alpha value is -4.28. The molecule has 0 fully saturated rings. The maximum Gasteiger partial charge on any atom is 0.261 e. The maximum atomic E-state index is 13.2. The third-order valence-electron chi connectivity index (χ3n) is 7.04. The number of rotatable bonds is 12. The lowest BCUT2D eigenvalue weighted by Crippen LogP contribution is -2.24. The lowest BCUT2D eigenvalue weighted by Gasteiger charge is -2.18. The summed E-state index contributed by atoms with van der Waals surface area (Å²) in [7, 11) is -3.82. The minimum Gasteiger partial charge on any atom is -0.347 e. The number of hydrogen-bond acceptors (Lipinski definition) is 6. The molecule has 0 saturated heterocycles. The Morgan fingerprint density at radius 3 is 2.34 bits per heavy atom. The van der Waals surface area contributed by atoms with Crippen LogP contribution in [0.4, 0.5) is 21.6 Å². The normalized spacial score (nSPS) is 11.7. The molecule has 5 aromatic rings. The zero-order valence-electron chi connectivity index (χ0n) is 23.1. The molecular weight excluding hydrogens is 539 g/mol. The van der Waals surface area contributed by atoms with Crippen molar-refractivity contribution in [2.75, 3.05) is 29.7 Å². The number of fused-ring (bicyclic) bond motifs is 1. The van der Waals surface area contributed by atoms with E-state index in [-0.39, 0.29) is 4.90 Å². The van der Waals surface area contributed by atoms with Crippen LogP contribution >= 0.6 is 0 Å². The van der Waals surface area contributed by atoms with Crippen molar-refractivity contribution in [2.45, 2.75) is 31.7 Å². The van der Waals surface area contributed by atoms with Crippen molar-refractivity contribution in [1.29, 1.82) is 0 Å². The topological polar surface area (TPSA) is 92.2 Å². The number of benzene rings is 3. The lowest BCUT2D eigenvalue weighted by molar-refractivity contribution is 0.294. The van der Waals surface area contributed by atoms with Crippen molar-refractivity contribution in [3.63, 3.8) is 0 Å². The molecule has 5 rings (SSSR count). The molecule has 0 bridgehead atoms. The van der Waals surface area contributed by atoms with Crippen LogP contribution in [0, 0.1) is 5.82 Å². The maximum absolute atomic E-state index is 13.2. The Bertz CT molecular complexity index is 1720. The molecular formula is C31H33FN6O2S. The van der Waals surface area contributed by atoms with Crippen LogP contribution in [-0.2, 0) is 16.6 Å². The van der Waals surface area contributed by atoms with E-state index in [1.54, 1.807) is 24.3 Å². The molecule has 0 radical (unpaired) electrons. The van der Waals surface area contributed by atoms with E-state index in [1.807, 2.05) is 6.07 Å². The predicted molar refractivity (Wildman–Crippen MR) is 162 cm³/mol. The van der Waals surface area contributed by atoms with E-state index in [1.165, 1.54) is 24.0 Å². The Morgan fingerprint density at radius 1 is 0.878 bits per heavy atom. The molecule has 0 aliphatic carbocycles. The van der Waals surface area contributed by atoms with Gasteiger partial charge in [0, 0.05) is 46.6 Å².